The summed E-state index contributed by atoms with van der Waals surface area (Å²) in [7, 11) is 0. The summed E-state index contributed by atoms with van der Waals surface area (Å²) in [5.74, 6) is -0.662. The van der Waals surface area contributed by atoms with E-state index in [0.29, 0.717) is 6.42 Å². The lowest BCUT2D eigenvalue weighted by atomic mass is 9.80. The van der Waals surface area contributed by atoms with Gasteiger partial charge in [-0.3, -0.25) is 14.5 Å². The van der Waals surface area contributed by atoms with Crippen LogP contribution >= 0.6 is 0 Å². The number of hydrogen-bond donors (Lipinski definition) is 0. The van der Waals surface area contributed by atoms with Crippen molar-refractivity contribution in [2.75, 3.05) is 19.8 Å². The van der Waals surface area contributed by atoms with Crippen molar-refractivity contribution in [2.45, 2.75) is 30.9 Å². The van der Waals surface area contributed by atoms with Gasteiger partial charge in [-0.1, -0.05) is 24.3 Å². The van der Waals surface area contributed by atoms with Gasteiger partial charge >= 0.3 is 6.18 Å². The van der Waals surface area contributed by atoms with Crippen molar-refractivity contribution >= 4 is 11.8 Å². The lowest BCUT2D eigenvalue weighted by molar-refractivity contribution is -0.174. The Morgan fingerprint density at radius 2 is 1.96 bits per heavy atom. The molecule has 1 heterocycles. The van der Waals surface area contributed by atoms with Crippen LogP contribution in [0.3, 0.4) is 0 Å². The largest absolute Gasteiger partial charge is 0.411 e. The molecule has 1 aromatic rings. The van der Waals surface area contributed by atoms with E-state index in [2.05, 4.69) is 4.74 Å². The Balaban J connectivity index is 1.69. The van der Waals surface area contributed by atoms with E-state index in [1.807, 2.05) is 24.3 Å². The van der Waals surface area contributed by atoms with Crippen molar-refractivity contribution in [3.63, 3.8) is 0 Å². The maximum Gasteiger partial charge on any atom is 0.411 e. The summed E-state index contributed by atoms with van der Waals surface area (Å²) in [6.45, 7) is -1.83. The molecule has 23 heavy (non-hydrogen) atoms. The van der Waals surface area contributed by atoms with Crippen molar-refractivity contribution in [1.82, 2.24) is 4.90 Å². The van der Waals surface area contributed by atoms with Crippen LogP contribution in [-0.4, -0.2) is 42.6 Å². The highest BCUT2D eigenvalue weighted by Gasteiger charge is 2.55. The number of carbonyl (C=O) groups is 2. The second kappa shape index (κ2) is 5.63. The van der Waals surface area contributed by atoms with E-state index in [0.717, 1.165) is 22.4 Å². The minimum absolute atomic E-state index is 0.0854. The predicted molar refractivity (Wildman–Crippen MR) is 74.7 cm³/mol. The molecule has 0 N–H and O–H groups in total. The Hall–Kier alpha value is -1.89. The van der Waals surface area contributed by atoms with Gasteiger partial charge in [0.05, 0.1) is 18.6 Å². The first-order valence-electron chi connectivity index (χ1n) is 7.41. The molecule has 0 aromatic heterocycles. The number of amides is 2. The van der Waals surface area contributed by atoms with Gasteiger partial charge in [0, 0.05) is 6.42 Å². The third-order valence-electron chi connectivity index (χ3n) is 4.49. The van der Waals surface area contributed by atoms with Crippen LogP contribution in [0.25, 0.3) is 0 Å². The lowest BCUT2D eigenvalue weighted by Crippen LogP contribution is -2.39. The number of likely N-dealkylation sites (tertiary alicyclic amines) is 1. The molecule has 1 aliphatic carbocycles. The summed E-state index contributed by atoms with van der Waals surface area (Å²) >= 11 is 0. The summed E-state index contributed by atoms with van der Waals surface area (Å²) in [5.41, 5.74) is 1.10. The number of nitrogens with zero attached hydrogens (tertiary/aromatic N) is 1. The number of alkyl halides is 3. The van der Waals surface area contributed by atoms with Gasteiger partial charge in [-0.25, -0.2) is 0 Å². The number of hydrogen-bond acceptors (Lipinski definition) is 3. The van der Waals surface area contributed by atoms with Crippen molar-refractivity contribution in [1.29, 1.82) is 0 Å². The van der Waals surface area contributed by atoms with E-state index in [-0.39, 0.29) is 31.4 Å². The molecule has 0 saturated carbocycles. The van der Waals surface area contributed by atoms with Gasteiger partial charge in [-0.05, 0) is 24.0 Å². The minimum Gasteiger partial charge on any atom is -0.370 e. The number of halogens is 3. The van der Waals surface area contributed by atoms with E-state index in [1.165, 1.54) is 0 Å². The van der Waals surface area contributed by atoms with E-state index >= 15 is 0 Å². The zero-order valence-corrected chi connectivity index (χ0v) is 12.4. The molecular weight excluding hydrogens is 311 g/mol. The Morgan fingerprint density at radius 1 is 1.22 bits per heavy atom. The Labute approximate surface area is 131 Å². The van der Waals surface area contributed by atoms with Crippen LogP contribution in [-0.2, 0) is 26.2 Å². The molecule has 1 atom stereocenters. The smallest absolute Gasteiger partial charge is 0.370 e. The third-order valence-corrected chi connectivity index (χ3v) is 4.49. The third kappa shape index (κ3) is 2.85. The number of rotatable bonds is 4. The Bertz CT molecular complexity index is 644. The monoisotopic (exact) mass is 327 g/mol. The summed E-state index contributed by atoms with van der Waals surface area (Å²) in [5, 5.41) is 0. The lowest BCUT2D eigenvalue weighted by Gasteiger charge is -2.22. The summed E-state index contributed by atoms with van der Waals surface area (Å²) in [6.07, 6.45) is -3.03. The second-order valence-corrected chi connectivity index (χ2v) is 5.93. The topological polar surface area (TPSA) is 46.6 Å². The van der Waals surface area contributed by atoms with E-state index < -0.39 is 18.2 Å². The van der Waals surface area contributed by atoms with Gasteiger partial charge in [0.15, 0.2) is 0 Å². The molecule has 124 valence electrons. The Kier molecular flexibility index (Phi) is 3.91. The number of aryl methyl sites for hydroxylation is 1. The highest BCUT2D eigenvalue weighted by Crippen LogP contribution is 2.46. The molecule has 1 aromatic carbocycles. The zero-order valence-electron chi connectivity index (χ0n) is 12.4. The summed E-state index contributed by atoms with van der Waals surface area (Å²) in [4.78, 5) is 25.9. The number of carbonyl (C=O) groups excluding carboxylic acids is 2. The van der Waals surface area contributed by atoms with Gasteiger partial charge in [0.1, 0.15) is 6.61 Å². The molecule has 3 rings (SSSR count). The molecule has 1 spiro atoms. The van der Waals surface area contributed by atoms with Crippen LogP contribution in [0.1, 0.15) is 24.0 Å². The standard InChI is InChI=1S/C16H16F3NO3/c17-16(18,19)10-23-8-7-20-13(21)9-15(14(20)22)6-5-11-3-1-2-4-12(11)15/h1-4H,5-10H2/t15-/m0/s1. The van der Waals surface area contributed by atoms with Crippen LogP contribution in [0.15, 0.2) is 24.3 Å². The minimum atomic E-state index is -4.41. The van der Waals surface area contributed by atoms with Crippen LogP contribution in [0.2, 0.25) is 0 Å². The maximum atomic E-state index is 12.7. The van der Waals surface area contributed by atoms with Gasteiger partial charge in [0.2, 0.25) is 11.8 Å². The SMILES string of the molecule is O=C1C[C@]2(CCc3ccccc32)C(=O)N1CCOCC(F)(F)F. The molecular formula is C16H16F3NO3. The fourth-order valence-electron chi connectivity index (χ4n) is 3.46. The quantitative estimate of drug-likeness (QED) is 0.629. The fourth-order valence-corrected chi connectivity index (χ4v) is 3.46. The van der Waals surface area contributed by atoms with Crippen LogP contribution in [0.5, 0.6) is 0 Å². The van der Waals surface area contributed by atoms with E-state index in [9.17, 15) is 22.8 Å². The molecule has 0 radical (unpaired) electrons. The summed E-state index contributed by atoms with van der Waals surface area (Å²) < 4.78 is 40.6. The Morgan fingerprint density at radius 3 is 2.70 bits per heavy atom. The highest BCUT2D eigenvalue weighted by molar-refractivity contribution is 6.09. The average molecular weight is 327 g/mol. The van der Waals surface area contributed by atoms with E-state index in [1.54, 1.807) is 0 Å². The molecule has 0 bridgehead atoms. The molecule has 1 saturated heterocycles. The number of ether oxygens (including phenoxy) is 1. The zero-order chi connectivity index (χ0) is 16.7. The molecule has 2 aliphatic rings. The van der Waals surface area contributed by atoms with Gasteiger partial charge < -0.3 is 4.74 Å². The first kappa shape index (κ1) is 16.0. The van der Waals surface area contributed by atoms with Crippen molar-refractivity contribution in [3.05, 3.63) is 35.4 Å². The molecule has 4 nitrogen and oxygen atoms in total. The van der Waals surface area contributed by atoms with Crippen molar-refractivity contribution in [2.24, 2.45) is 0 Å². The molecule has 7 heteroatoms. The highest BCUT2D eigenvalue weighted by atomic mass is 19.4. The first-order chi connectivity index (χ1) is 10.8. The van der Waals surface area contributed by atoms with E-state index in [4.69, 9.17) is 0 Å². The van der Waals surface area contributed by atoms with Gasteiger partial charge in [0.25, 0.3) is 0 Å². The number of imide groups is 1. The van der Waals surface area contributed by atoms with Crippen molar-refractivity contribution in [3.8, 4) is 0 Å². The van der Waals surface area contributed by atoms with Crippen LogP contribution in [0, 0.1) is 0 Å². The normalized spacial score (nSPS) is 23.9. The fraction of sp³-hybridized carbons (Fsp3) is 0.500. The number of benzene rings is 1. The molecule has 1 fully saturated rings. The number of fused-ring (bicyclic) bond motifs is 2. The van der Waals surface area contributed by atoms with Crippen LogP contribution in [0.4, 0.5) is 13.2 Å². The van der Waals surface area contributed by atoms with Gasteiger partial charge in [-0.15, -0.1) is 0 Å². The average Bonchev–Trinajstić information content (AvgIpc) is 2.96. The molecule has 1 aliphatic heterocycles. The second-order valence-electron chi connectivity index (χ2n) is 5.93. The maximum absolute atomic E-state index is 12.7. The molecule has 0 unspecified atom stereocenters. The van der Waals surface area contributed by atoms with Crippen LogP contribution < -0.4 is 0 Å². The molecule has 2 amide bonds. The van der Waals surface area contributed by atoms with Gasteiger partial charge in [-0.2, -0.15) is 13.2 Å². The first-order valence-corrected chi connectivity index (χ1v) is 7.41. The predicted octanol–water partition coefficient (Wildman–Crippen LogP) is 2.21. The van der Waals surface area contributed by atoms with Crippen molar-refractivity contribution < 1.29 is 27.5 Å². The summed E-state index contributed by atoms with van der Waals surface area (Å²) in [6, 6.07) is 7.52.